The van der Waals surface area contributed by atoms with Gasteiger partial charge in [0.2, 0.25) is 0 Å². The van der Waals surface area contributed by atoms with Crippen LogP contribution in [0, 0.1) is 17.1 Å². The Hall–Kier alpha value is -3.46. The number of rotatable bonds is 5. The predicted octanol–water partition coefficient (Wildman–Crippen LogP) is 3.28. The fourth-order valence-corrected chi connectivity index (χ4v) is 1.96. The molecule has 0 aliphatic heterocycles. The number of nitrogens with zero attached hydrogens (tertiary/aromatic N) is 1. The zero-order valence-corrected chi connectivity index (χ0v) is 13.4. The minimum absolute atomic E-state index is 0.236. The monoisotopic (exact) mass is 338 g/mol. The lowest BCUT2D eigenvalue weighted by Crippen LogP contribution is -2.29. The fraction of sp³-hybridized carbons (Fsp3) is 0.105. The first-order chi connectivity index (χ1) is 12.0. The number of amides is 1. The zero-order chi connectivity index (χ0) is 18.2. The maximum atomic E-state index is 13.5. The first-order valence-electron chi connectivity index (χ1n) is 7.44. The van der Waals surface area contributed by atoms with Crippen molar-refractivity contribution in [2.24, 2.45) is 0 Å². The van der Waals surface area contributed by atoms with Crippen molar-refractivity contribution >= 4 is 23.6 Å². The maximum absolute atomic E-state index is 13.5. The van der Waals surface area contributed by atoms with Gasteiger partial charge in [0.05, 0.1) is 11.3 Å². The molecule has 6 heteroatoms. The van der Waals surface area contributed by atoms with Crippen LogP contribution in [0.25, 0.3) is 6.08 Å². The lowest BCUT2D eigenvalue weighted by Gasteiger charge is -2.13. The first-order valence-corrected chi connectivity index (χ1v) is 7.44. The van der Waals surface area contributed by atoms with E-state index in [-0.39, 0.29) is 5.56 Å². The highest BCUT2D eigenvalue weighted by Gasteiger charge is 2.17. The summed E-state index contributed by atoms with van der Waals surface area (Å²) < 4.78 is 18.4. The van der Waals surface area contributed by atoms with Gasteiger partial charge >= 0.3 is 5.97 Å². The van der Waals surface area contributed by atoms with E-state index >= 15 is 0 Å². The number of carbonyl (C=O) groups excluding carboxylic acids is 2. The van der Waals surface area contributed by atoms with Gasteiger partial charge in [-0.2, -0.15) is 5.26 Å². The van der Waals surface area contributed by atoms with Gasteiger partial charge in [-0.15, -0.1) is 0 Å². The number of para-hydroxylation sites is 1. The van der Waals surface area contributed by atoms with Crippen molar-refractivity contribution in [3.8, 4) is 6.07 Å². The molecule has 0 heterocycles. The Bertz CT molecular complexity index is 856. The van der Waals surface area contributed by atoms with E-state index < -0.39 is 23.8 Å². The van der Waals surface area contributed by atoms with Gasteiger partial charge in [0.25, 0.3) is 5.91 Å². The summed E-state index contributed by atoms with van der Waals surface area (Å²) in [5.41, 5.74) is 0.869. The molecule has 0 aliphatic carbocycles. The van der Waals surface area contributed by atoms with Gasteiger partial charge in [0, 0.05) is 11.6 Å². The molecule has 0 aromatic heterocycles. The molecule has 2 aromatic carbocycles. The third kappa shape index (κ3) is 5.01. The number of carbonyl (C=O) groups is 2. The molecule has 2 rings (SSSR count). The Morgan fingerprint density at radius 3 is 2.60 bits per heavy atom. The van der Waals surface area contributed by atoms with Crippen LogP contribution in [0.1, 0.15) is 18.1 Å². The topological polar surface area (TPSA) is 79.2 Å². The number of esters is 1. The van der Waals surface area contributed by atoms with E-state index in [1.54, 1.807) is 30.3 Å². The molecule has 0 spiro atoms. The van der Waals surface area contributed by atoms with Gasteiger partial charge in [0.1, 0.15) is 11.9 Å². The number of ether oxygens (including phenoxy) is 1. The summed E-state index contributed by atoms with van der Waals surface area (Å²) in [5.74, 6) is -1.82. The van der Waals surface area contributed by atoms with Crippen LogP contribution in [0.4, 0.5) is 10.1 Å². The second kappa shape index (κ2) is 8.41. The highest BCUT2D eigenvalue weighted by Crippen LogP contribution is 2.14. The maximum Gasteiger partial charge on any atom is 0.331 e. The third-order valence-corrected chi connectivity index (χ3v) is 3.27. The van der Waals surface area contributed by atoms with E-state index in [0.29, 0.717) is 11.3 Å². The number of benzene rings is 2. The van der Waals surface area contributed by atoms with Crippen molar-refractivity contribution in [2.75, 3.05) is 5.32 Å². The number of hydrogen-bond acceptors (Lipinski definition) is 4. The molecule has 5 nitrogen and oxygen atoms in total. The Balaban J connectivity index is 1.95. The lowest BCUT2D eigenvalue weighted by atomic mass is 10.2. The van der Waals surface area contributed by atoms with Crippen molar-refractivity contribution in [1.82, 2.24) is 0 Å². The van der Waals surface area contributed by atoms with Gasteiger partial charge in [-0.3, -0.25) is 4.79 Å². The summed E-state index contributed by atoms with van der Waals surface area (Å²) >= 11 is 0. The molecule has 0 unspecified atom stereocenters. The first kappa shape index (κ1) is 17.9. The highest BCUT2D eigenvalue weighted by atomic mass is 19.1. The largest absolute Gasteiger partial charge is 0.449 e. The molecule has 0 aliphatic rings. The molecular formula is C19H15FN2O3. The molecule has 1 amide bonds. The Morgan fingerprint density at radius 1 is 1.20 bits per heavy atom. The molecule has 126 valence electrons. The van der Waals surface area contributed by atoms with Crippen LogP contribution in [-0.2, 0) is 14.3 Å². The second-order valence-corrected chi connectivity index (χ2v) is 5.08. The van der Waals surface area contributed by atoms with Crippen LogP contribution >= 0.6 is 0 Å². The number of anilines is 1. The minimum atomic E-state index is -1.08. The van der Waals surface area contributed by atoms with Gasteiger partial charge in [-0.05, 0) is 31.2 Å². The van der Waals surface area contributed by atoms with Crippen LogP contribution in [0.5, 0.6) is 0 Å². The SMILES string of the molecule is C[C@@H](OC(=O)/C=C/c1ccccc1F)C(=O)Nc1ccccc1C#N. The van der Waals surface area contributed by atoms with Crippen LogP contribution in [0.2, 0.25) is 0 Å². The Labute approximate surface area is 144 Å². The summed E-state index contributed by atoms with van der Waals surface area (Å²) in [6.07, 6.45) is 1.24. The average Bonchev–Trinajstić information content (AvgIpc) is 2.61. The standard InChI is InChI=1S/C19H15FN2O3/c1-13(19(24)22-17-9-5-3-7-15(17)12-21)25-18(23)11-10-14-6-2-4-8-16(14)20/h2-11,13H,1H3,(H,22,24)/b11-10+/t13-/m1/s1. The predicted molar refractivity (Wildman–Crippen MR) is 90.8 cm³/mol. The average molecular weight is 338 g/mol. The Kier molecular flexibility index (Phi) is 6.02. The van der Waals surface area contributed by atoms with Crippen molar-refractivity contribution < 1.29 is 18.7 Å². The van der Waals surface area contributed by atoms with E-state index in [1.165, 1.54) is 31.2 Å². The number of hydrogen-bond donors (Lipinski definition) is 1. The molecule has 1 N–H and O–H groups in total. The molecule has 25 heavy (non-hydrogen) atoms. The summed E-state index contributed by atoms with van der Waals surface area (Å²) in [6, 6.07) is 14.4. The van der Waals surface area contributed by atoms with Crippen LogP contribution in [0.15, 0.2) is 54.6 Å². The molecule has 0 radical (unpaired) electrons. The van der Waals surface area contributed by atoms with Gasteiger partial charge in [0.15, 0.2) is 6.10 Å². The molecule has 0 saturated carbocycles. The minimum Gasteiger partial charge on any atom is -0.449 e. The molecule has 0 saturated heterocycles. The second-order valence-electron chi connectivity index (χ2n) is 5.08. The number of nitriles is 1. The van der Waals surface area contributed by atoms with Crippen molar-refractivity contribution in [2.45, 2.75) is 13.0 Å². The van der Waals surface area contributed by atoms with Crippen LogP contribution in [-0.4, -0.2) is 18.0 Å². The quantitative estimate of drug-likeness (QED) is 0.670. The number of nitrogens with one attached hydrogen (secondary N) is 1. The van der Waals surface area contributed by atoms with Crippen molar-refractivity contribution in [3.63, 3.8) is 0 Å². The number of halogens is 1. The fourth-order valence-electron chi connectivity index (χ4n) is 1.96. The molecule has 0 bridgehead atoms. The molecule has 0 fully saturated rings. The lowest BCUT2D eigenvalue weighted by molar-refractivity contribution is -0.148. The summed E-state index contributed by atoms with van der Waals surface area (Å²) in [4.78, 5) is 23.8. The Morgan fingerprint density at radius 2 is 1.88 bits per heavy atom. The third-order valence-electron chi connectivity index (χ3n) is 3.27. The summed E-state index contributed by atoms with van der Waals surface area (Å²) in [7, 11) is 0. The van der Waals surface area contributed by atoms with Crippen molar-refractivity contribution in [1.29, 1.82) is 5.26 Å². The van der Waals surface area contributed by atoms with E-state index in [0.717, 1.165) is 6.08 Å². The van der Waals surface area contributed by atoms with Gasteiger partial charge in [-0.1, -0.05) is 30.3 Å². The molecule has 1 atom stereocenters. The van der Waals surface area contributed by atoms with E-state index in [4.69, 9.17) is 10.00 Å². The highest BCUT2D eigenvalue weighted by molar-refractivity contribution is 5.97. The van der Waals surface area contributed by atoms with Crippen LogP contribution < -0.4 is 5.32 Å². The summed E-state index contributed by atoms with van der Waals surface area (Å²) in [6.45, 7) is 1.40. The van der Waals surface area contributed by atoms with Gasteiger partial charge in [-0.25, -0.2) is 9.18 Å². The smallest absolute Gasteiger partial charge is 0.331 e. The zero-order valence-electron chi connectivity index (χ0n) is 13.4. The van der Waals surface area contributed by atoms with E-state index in [9.17, 15) is 14.0 Å². The molecular weight excluding hydrogens is 323 g/mol. The molecule has 2 aromatic rings. The van der Waals surface area contributed by atoms with Crippen molar-refractivity contribution in [3.05, 3.63) is 71.6 Å². The summed E-state index contributed by atoms with van der Waals surface area (Å²) in [5, 5.41) is 11.5. The van der Waals surface area contributed by atoms with E-state index in [2.05, 4.69) is 5.32 Å². The van der Waals surface area contributed by atoms with E-state index in [1.807, 2.05) is 6.07 Å². The van der Waals surface area contributed by atoms with Gasteiger partial charge < -0.3 is 10.1 Å². The normalized spacial score (nSPS) is 11.6. The van der Waals surface area contributed by atoms with Crippen LogP contribution in [0.3, 0.4) is 0 Å².